The number of hydrogen-bond donors (Lipinski definition) is 3. The largest absolute Gasteiger partial charge is 0.478 e. The van der Waals surface area contributed by atoms with Crippen LogP contribution in [0.3, 0.4) is 0 Å². The number of esters is 1. The second-order valence-electron chi connectivity index (χ2n) is 8.75. The smallest absolute Gasteiger partial charge is 0.327 e. The minimum absolute atomic E-state index is 0.198. The molecule has 0 radical (unpaired) electrons. The molecule has 0 amide bonds. The van der Waals surface area contributed by atoms with Gasteiger partial charge in [-0.2, -0.15) is 0 Å². The van der Waals surface area contributed by atoms with Gasteiger partial charge in [0.15, 0.2) is 0 Å². The van der Waals surface area contributed by atoms with E-state index in [0.717, 1.165) is 25.3 Å². The minimum atomic E-state index is -1.61. The summed E-state index contributed by atoms with van der Waals surface area (Å²) >= 11 is 0. The van der Waals surface area contributed by atoms with Gasteiger partial charge >= 0.3 is 11.9 Å². The molecule has 0 saturated heterocycles. The lowest BCUT2D eigenvalue weighted by Crippen LogP contribution is -2.70. The Labute approximate surface area is 148 Å². The zero-order chi connectivity index (χ0) is 19.2. The number of carbonyl (C=O) groups is 2. The van der Waals surface area contributed by atoms with Crippen molar-refractivity contribution in [2.24, 2.45) is 22.7 Å². The van der Waals surface area contributed by atoms with Crippen molar-refractivity contribution in [2.45, 2.75) is 71.7 Å². The molecule has 6 nitrogen and oxygen atoms in total. The Balaban J connectivity index is 2.61. The van der Waals surface area contributed by atoms with Crippen molar-refractivity contribution in [2.75, 3.05) is 0 Å². The van der Waals surface area contributed by atoms with Gasteiger partial charge in [0.05, 0.1) is 5.60 Å². The summed E-state index contributed by atoms with van der Waals surface area (Å²) in [6.07, 6.45) is 2.99. The molecule has 2 fully saturated rings. The van der Waals surface area contributed by atoms with Gasteiger partial charge in [-0.25, -0.2) is 4.79 Å². The highest BCUT2D eigenvalue weighted by atomic mass is 16.6. The zero-order valence-electron chi connectivity index (χ0n) is 15.7. The molecule has 0 heterocycles. The summed E-state index contributed by atoms with van der Waals surface area (Å²) in [5.41, 5.74) is -2.33. The molecule has 25 heavy (non-hydrogen) atoms. The molecule has 6 atom stereocenters. The fourth-order valence-corrected chi connectivity index (χ4v) is 5.58. The van der Waals surface area contributed by atoms with Crippen molar-refractivity contribution in [1.82, 2.24) is 0 Å². The lowest BCUT2D eigenvalue weighted by atomic mass is 9.44. The van der Waals surface area contributed by atoms with Crippen LogP contribution in [-0.2, 0) is 14.3 Å². The molecular formula is C19H30O6. The topological polar surface area (TPSA) is 104 Å². The molecule has 3 N–H and O–H groups in total. The quantitative estimate of drug-likeness (QED) is 0.530. The maximum atomic E-state index is 11.6. The summed E-state index contributed by atoms with van der Waals surface area (Å²) in [5, 5.41) is 31.0. The van der Waals surface area contributed by atoms with E-state index in [1.165, 1.54) is 19.9 Å². The van der Waals surface area contributed by atoms with Crippen molar-refractivity contribution in [3.8, 4) is 0 Å². The monoisotopic (exact) mass is 354 g/mol. The van der Waals surface area contributed by atoms with Crippen LogP contribution in [0.4, 0.5) is 0 Å². The molecule has 0 aliphatic heterocycles. The molecule has 2 aliphatic rings. The van der Waals surface area contributed by atoms with E-state index in [-0.39, 0.29) is 11.3 Å². The summed E-state index contributed by atoms with van der Waals surface area (Å²) in [5.74, 6) is -2.36. The fourth-order valence-electron chi connectivity index (χ4n) is 5.58. The third-order valence-corrected chi connectivity index (χ3v) is 6.40. The highest BCUT2D eigenvalue weighted by Crippen LogP contribution is 2.62. The molecule has 0 bridgehead atoms. The van der Waals surface area contributed by atoms with E-state index in [0.29, 0.717) is 0 Å². The molecule has 6 heteroatoms. The number of rotatable bonds is 3. The summed E-state index contributed by atoms with van der Waals surface area (Å²) in [4.78, 5) is 22.7. The molecule has 2 rings (SSSR count). The van der Waals surface area contributed by atoms with Crippen molar-refractivity contribution < 1.29 is 29.6 Å². The number of ether oxygens (including phenoxy) is 1. The highest BCUT2D eigenvalue weighted by molar-refractivity contribution is 5.79. The van der Waals surface area contributed by atoms with Gasteiger partial charge in [0.2, 0.25) is 0 Å². The average molecular weight is 354 g/mol. The predicted octanol–water partition coefficient (Wildman–Crippen LogP) is 2.13. The Kier molecular flexibility index (Phi) is 5.10. The molecule has 0 aromatic rings. The third kappa shape index (κ3) is 3.34. The van der Waals surface area contributed by atoms with Gasteiger partial charge in [0, 0.05) is 24.8 Å². The molecule has 2 saturated carbocycles. The van der Waals surface area contributed by atoms with E-state index >= 15 is 0 Å². The van der Waals surface area contributed by atoms with Crippen LogP contribution in [-0.4, -0.2) is 45.1 Å². The first-order valence-electron chi connectivity index (χ1n) is 8.83. The van der Waals surface area contributed by atoms with Crippen molar-refractivity contribution >= 4 is 11.9 Å². The number of hydrogen-bond acceptors (Lipinski definition) is 5. The van der Waals surface area contributed by atoms with Crippen LogP contribution in [0, 0.1) is 22.7 Å². The van der Waals surface area contributed by atoms with E-state index < -0.39 is 41.1 Å². The molecule has 2 aliphatic carbocycles. The lowest BCUT2D eigenvalue weighted by Gasteiger charge is -2.63. The summed E-state index contributed by atoms with van der Waals surface area (Å²) < 4.78 is 5.49. The Bertz CT molecular complexity index is 578. The van der Waals surface area contributed by atoms with Gasteiger partial charge in [-0.3, -0.25) is 4.79 Å². The number of fused-ring (bicyclic) bond motifs is 1. The van der Waals surface area contributed by atoms with Crippen LogP contribution >= 0.6 is 0 Å². The van der Waals surface area contributed by atoms with Crippen LogP contribution in [0.2, 0.25) is 0 Å². The van der Waals surface area contributed by atoms with Crippen LogP contribution < -0.4 is 0 Å². The number of carboxylic acids is 1. The van der Waals surface area contributed by atoms with Crippen LogP contribution in [0.1, 0.15) is 53.9 Å². The third-order valence-electron chi connectivity index (χ3n) is 6.40. The Morgan fingerprint density at radius 1 is 1.16 bits per heavy atom. The van der Waals surface area contributed by atoms with Gasteiger partial charge in [0.25, 0.3) is 0 Å². The Morgan fingerprint density at radius 3 is 2.28 bits per heavy atom. The first-order chi connectivity index (χ1) is 11.3. The molecule has 0 aromatic heterocycles. The molecule has 0 unspecified atom stereocenters. The van der Waals surface area contributed by atoms with E-state index in [4.69, 9.17) is 9.84 Å². The number of carbonyl (C=O) groups excluding carboxylic acids is 1. The number of aliphatic hydroxyl groups is 2. The maximum Gasteiger partial charge on any atom is 0.327 e. The number of aliphatic carboxylic acids is 1. The van der Waals surface area contributed by atoms with E-state index in [1.54, 1.807) is 0 Å². The van der Waals surface area contributed by atoms with Gasteiger partial charge in [-0.05, 0) is 30.6 Å². The van der Waals surface area contributed by atoms with Gasteiger partial charge in [-0.1, -0.05) is 33.3 Å². The van der Waals surface area contributed by atoms with Gasteiger partial charge in [0.1, 0.15) is 12.2 Å². The van der Waals surface area contributed by atoms with E-state index in [1.807, 2.05) is 6.92 Å². The molecule has 0 aromatic carbocycles. The average Bonchev–Trinajstić information content (AvgIpc) is 2.42. The first-order valence-corrected chi connectivity index (χ1v) is 8.83. The maximum absolute atomic E-state index is 11.6. The summed E-state index contributed by atoms with van der Waals surface area (Å²) in [6, 6.07) is 0. The fraction of sp³-hybridized carbons (Fsp3) is 0.789. The number of carboxylic acid groups (broad SMARTS) is 1. The Hall–Kier alpha value is -1.40. The zero-order valence-corrected chi connectivity index (χ0v) is 15.7. The highest BCUT2D eigenvalue weighted by Gasteiger charge is 2.65. The second-order valence-corrected chi connectivity index (χ2v) is 8.75. The summed E-state index contributed by atoms with van der Waals surface area (Å²) in [6.45, 7) is 8.96. The minimum Gasteiger partial charge on any atom is -0.478 e. The molecular weight excluding hydrogens is 324 g/mol. The van der Waals surface area contributed by atoms with Gasteiger partial charge < -0.3 is 20.1 Å². The van der Waals surface area contributed by atoms with Crippen LogP contribution in [0.25, 0.3) is 0 Å². The van der Waals surface area contributed by atoms with Crippen LogP contribution in [0.15, 0.2) is 12.2 Å². The number of aliphatic hydroxyl groups excluding tert-OH is 1. The normalized spacial score (nSPS) is 43.5. The SMILES string of the molecule is CC(=O)O[C@H]1[C@@H]2C(C)(C)CCC[C@]2(C)[C@@H](/C=C/C(=O)O)[C@@](C)(O)[C@H]1O. The summed E-state index contributed by atoms with van der Waals surface area (Å²) in [7, 11) is 0. The van der Waals surface area contributed by atoms with E-state index in [9.17, 15) is 19.8 Å². The van der Waals surface area contributed by atoms with Crippen molar-refractivity contribution in [3.63, 3.8) is 0 Å². The van der Waals surface area contributed by atoms with Crippen LogP contribution in [0.5, 0.6) is 0 Å². The molecule has 142 valence electrons. The van der Waals surface area contributed by atoms with Gasteiger partial charge in [-0.15, -0.1) is 0 Å². The standard InChI is InChI=1S/C19H30O6/c1-11(20)25-14-15-17(2,3)9-6-10-18(15,4)12(7-8-13(21)22)19(5,24)16(14)23/h7-8,12,14-16,23-24H,6,9-10H2,1-5H3,(H,21,22)/b8-7+/t12-,14+,15-,16+,18-,19-/m1/s1. The van der Waals surface area contributed by atoms with Crippen molar-refractivity contribution in [3.05, 3.63) is 12.2 Å². The molecule has 0 spiro atoms. The van der Waals surface area contributed by atoms with Crippen molar-refractivity contribution in [1.29, 1.82) is 0 Å². The Morgan fingerprint density at radius 2 is 1.76 bits per heavy atom. The lowest BCUT2D eigenvalue weighted by molar-refractivity contribution is -0.261. The predicted molar refractivity (Wildman–Crippen MR) is 91.7 cm³/mol. The first kappa shape index (κ1) is 19.9. The second kappa shape index (κ2) is 6.40. The van der Waals surface area contributed by atoms with E-state index in [2.05, 4.69) is 13.8 Å².